The van der Waals surface area contributed by atoms with Crippen LogP contribution in [-0.2, 0) is 32.6 Å². The minimum absolute atomic E-state index is 0.00756. The molecule has 3 aromatic carbocycles. The molecule has 0 saturated heterocycles. The van der Waals surface area contributed by atoms with E-state index in [9.17, 15) is 18.0 Å². The van der Waals surface area contributed by atoms with Gasteiger partial charge in [-0.2, -0.15) is 0 Å². The van der Waals surface area contributed by atoms with Crippen molar-refractivity contribution in [1.29, 1.82) is 0 Å². The third-order valence-corrected chi connectivity index (χ3v) is 8.43. The topological polar surface area (TPSA) is 86.8 Å². The van der Waals surface area contributed by atoms with E-state index in [2.05, 4.69) is 5.32 Å². The molecule has 0 radical (unpaired) electrons. The van der Waals surface area contributed by atoms with Crippen LogP contribution in [-0.4, -0.2) is 50.5 Å². The first-order valence-electron chi connectivity index (χ1n) is 12.8. The van der Waals surface area contributed by atoms with E-state index in [1.54, 1.807) is 42.5 Å². The van der Waals surface area contributed by atoms with Gasteiger partial charge in [-0.15, -0.1) is 0 Å². The number of nitrogens with zero attached hydrogens (tertiary/aromatic N) is 2. The highest BCUT2D eigenvalue weighted by atomic mass is 35.5. The van der Waals surface area contributed by atoms with Crippen molar-refractivity contribution >= 4 is 62.3 Å². The molecule has 40 heavy (non-hydrogen) atoms. The number of anilines is 1. The van der Waals surface area contributed by atoms with Gasteiger partial charge in [0.25, 0.3) is 0 Å². The molecule has 3 aromatic rings. The zero-order valence-corrected chi connectivity index (χ0v) is 25.4. The molecule has 0 aliphatic rings. The SMILES string of the molecule is CCNC(=O)[C@@H](Cc1ccccc1)N(Cc1c(Cl)cccc1Cl)C(=O)CCCN(c1ccc(Cl)cc1)S(C)(=O)=O. The van der Waals surface area contributed by atoms with Crippen LogP contribution in [0.4, 0.5) is 5.69 Å². The first-order chi connectivity index (χ1) is 19.0. The van der Waals surface area contributed by atoms with E-state index in [1.165, 1.54) is 9.21 Å². The molecule has 1 N–H and O–H groups in total. The summed E-state index contributed by atoms with van der Waals surface area (Å²) in [5.74, 6) is -0.630. The van der Waals surface area contributed by atoms with Gasteiger partial charge in [0.05, 0.1) is 11.9 Å². The average Bonchev–Trinajstić information content (AvgIpc) is 2.90. The number of benzene rings is 3. The van der Waals surface area contributed by atoms with Gasteiger partial charge in [0.2, 0.25) is 21.8 Å². The second-order valence-corrected chi connectivity index (χ2v) is 12.4. The Morgan fingerprint density at radius 1 is 0.900 bits per heavy atom. The standard InChI is InChI=1S/C29H32Cl3N3O4S/c1-3-33-29(37)27(19-21-9-5-4-6-10-21)34(20-24-25(31)11-7-12-26(24)32)28(36)13-8-18-35(40(2,38)39)23-16-14-22(30)15-17-23/h4-7,9-12,14-17,27H,3,8,13,18-20H2,1-2H3,(H,33,37)/t27-/m1/s1. The van der Waals surface area contributed by atoms with E-state index in [1.807, 2.05) is 37.3 Å². The fraction of sp³-hybridized carbons (Fsp3) is 0.310. The maximum atomic E-state index is 13.8. The van der Waals surface area contributed by atoms with E-state index in [0.29, 0.717) is 32.9 Å². The van der Waals surface area contributed by atoms with Crippen LogP contribution in [0, 0.1) is 0 Å². The molecule has 0 fully saturated rings. The van der Waals surface area contributed by atoms with Gasteiger partial charge in [-0.05, 0) is 55.3 Å². The van der Waals surface area contributed by atoms with Crippen molar-refractivity contribution < 1.29 is 18.0 Å². The summed E-state index contributed by atoms with van der Waals surface area (Å²) in [6.07, 6.45) is 1.60. The Kier molecular flexibility index (Phi) is 11.7. The van der Waals surface area contributed by atoms with Crippen molar-refractivity contribution in [2.75, 3.05) is 23.7 Å². The Balaban J connectivity index is 1.90. The summed E-state index contributed by atoms with van der Waals surface area (Å²) in [5.41, 5.74) is 1.86. The molecular weight excluding hydrogens is 593 g/mol. The number of hydrogen-bond donors (Lipinski definition) is 1. The number of carbonyl (C=O) groups excluding carboxylic acids is 2. The molecule has 1 atom stereocenters. The van der Waals surface area contributed by atoms with Gasteiger partial charge < -0.3 is 10.2 Å². The second kappa shape index (κ2) is 14.7. The zero-order valence-electron chi connectivity index (χ0n) is 22.3. The third-order valence-electron chi connectivity index (χ3n) is 6.28. The number of sulfonamides is 1. The minimum Gasteiger partial charge on any atom is -0.355 e. The maximum absolute atomic E-state index is 13.8. The lowest BCUT2D eigenvalue weighted by Gasteiger charge is -2.32. The van der Waals surface area contributed by atoms with Gasteiger partial charge >= 0.3 is 0 Å². The van der Waals surface area contributed by atoms with Crippen molar-refractivity contribution in [3.63, 3.8) is 0 Å². The molecule has 0 saturated carbocycles. The number of halogens is 3. The maximum Gasteiger partial charge on any atom is 0.243 e. The first-order valence-corrected chi connectivity index (χ1v) is 15.8. The molecule has 7 nitrogen and oxygen atoms in total. The van der Waals surface area contributed by atoms with Gasteiger partial charge in [-0.1, -0.05) is 71.2 Å². The zero-order chi connectivity index (χ0) is 29.3. The normalized spacial score (nSPS) is 12.0. The molecule has 0 bridgehead atoms. The molecule has 0 aliphatic heterocycles. The lowest BCUT2D eigenvalue weighted by molar-refractivity contribution is -0.141. The number of rotatable bonds is 13. The summed E-state index contributed by atoms with van der Waals surface area (Å²) >= 11 is 18.9. The predicted molar refractivity (Wildman–Crippen MR) is 163 cm³/mol. The number of amides is 2. The number of carbonyl (C=O) groups is 2. The Labute approximate surface area is 251 Å². The molecule has 2 amide bonds. The van der Waals surface area contributed by atoms with E-state index in [-0.39, 0.29) is 44.2 Å². The highest BCUT2D eigenvalue weighted by Crippen LogP contribution is 2.28. The number of likely N-dealkylation sites (N-methyl/N-ethyl adjacent to an activating group) is 1. The molecule has 214 valence electrons. The summed E-state index contributed by atoms with van der Waals surface area (Å²) in [7, 11) is -3.62. The fourth-order valence-electron chi connectivity index (χ4n) is 4.31. The van der Waals surface area contributed by atoms with E-state index in [0.717, 1.165) is 11.8 Å². The van der Waals surface area contributed by atoms with Gasteiger partial charge in [0, 0.05) is 53.1 Å². The van der Waals surface area contributed by atoms with Crippen LogP contribution in [0.5, 0.6) is 0 Å². The highest BCUT2D eigenvalue weighted by Gasteiger charge is 2.31. The van der Waals surface area contributed by atoms with Crippen LogP contribution in [0.2, 0.25) is 15.1 Å². The van der Waals surface area contributed by atoms with Crippen molar-refractivity contribution in [2.45, 2.75) is 38.8 Å². The molecule has 0 spiro atoms. The summed E-state index contributed by atoms with van der Waals surface area (Å²) in [5, 5.41) is 4.08. The Morgan fingerprint density at radius 3 is 2.10 bits per heavy atom. The van der Waals surface area contributed by atoms with Gasteiger partial charge in [0.1, 0.15) is 6.04 Å². The van der Waals surface area contributed by atoms with Crippen LogP contribution in [0.15, 0.2) is 72.8 Å². The van der Waals surface area contributed by atoms with Crippen LogP contribution in [0.1, 0.15) is 30.9 Å². The van der Waals surface area contributed by atoms with E-state index in [4.69, 9.17) is 34.8 Å². The smallest absolute Gasteiger partial charge is 0.243 e. The Morgan fingerprint density at radius 2 is 1.52 bits per heavy atom. The van der Waals surface area contributed by atoms with E-state index < -0.39 is 16.1 Å². The van der Waals surface area contributed by atoms with Crippen molar-refractivity contribution in [3.8, 4) is 0 Å². The van der Waals surface area contributed by atoms with Crippen LogP contribution >= 0.6 is 34.8 Å². The number of hydrogen-bond acceptors (Lipinski definition) is 4. The lowest BCUT2D eigenvalue weighted by atomic mass is 10.0. The molecule has 11 heteroatoms. The lowest BCUT2D eigenvalue weighted by Crippen LogP contribution is -2.50. The predicted octanol–water partition coefficient (Wildman–Crippen LogP) is 5.97. The quantitative estimate of drug-likeness (QED) is 0.254. The van der Waals surface area contributed by atoms with Gasteiger partial charge in [-0.25, -0.2) is 8.42 Å². The molecule has 3 rings (SSSR count). The molecule has 0 heterocycles. The van der Waals surface area contributed by atoms with Crippen molar-refractivity contribution in [2.24, 2.45) is 0 Å². The Bertz CT molecular complexity index is 1380. The monoisotopic (exact) mass is 623 g/mol. The second-order valence-electron chi connectivity index (χ2n) is 9.24. The van der Waals surface area contributed by atoms with Crippen LogP contribution in [0.25, 0.3) is 0 Å². The number of nitrogens with one attached hydrogen (secondary N) is 1. The summed E-state index contributed by atoms with van der Waals surface area (Å²) < 4.78 is 26.3. The molecule has 0 aliphatic carbocycles. The minimum atomic E-state index is -3.62. The summed E-state index contributed by atoms with van der Waals surface area (Å²) in [4.78, 5) is 28.6. The van der Waals surface area contributed by atoms with Crippen LogP contribution in [0.3, 0.4) is 0 Å². The van der Waals surface area contributed by atoms with Gasteiger partial charge in [-0.3, -0.25) is 13.9 Å². The average molecular weight is 625 g/mol. The van der Waals surface area contributed by atoms with E-state index >= 15 is 0 Å². The van der Waals surface area contributed by atoms with Crippen LogP contribution < -0.4 is 9.62 Å². The molecule has 0 unspecified atom stereocenters. The summed E-state index contributed by atoms with van der Waals surface area (Å²) in [6, 6.07) is 20.1. The van der Waals surface area contributed by atoms with Crippen molar-refractivity contribution in [3.05, 3.63) is 99.0 Å². The largest absolute Gasteiger partial charge is 0.355 e. The molecule has 0 aromatic heterocycles. The Hall–Kier alpha value is -2.78. The molecular formula is C29H32Cl3N3O4S. The van der Waals surface area contributed by atoms with Gasteiger partial charge in [0.15, 0.2) is 0 Å². The first kappa shape index (κ1) is 31.7. The summed E-state index contributed by atoms with van der Waals surface area (Å²) in [6.45, 7) is 2.28. The fourth-order valence-corrected chi connectivity index (χ4v) is 5.92. The third kappa shape index (κ3) is 8.86. The van der Waals surface area contributed by atoms with Crippen molar-refractivity contribution in [1.82, 2.24) is 10.2 Å². The highest BCUT2D eigenvalue weighted by molar-refractivity contribution is 7.92.